The fourth-order valence-electron chi connectivity index (χ4n) is 3.45. The zero-order valence-electron chi connectivity index (χ0n) is 15.3. The summed E-state index contributed by atoms with van der Waals surface area (Å²) in [6, 6.07) is 13.9. The summed E-state index contributed by atoms with van der Waals surface area (Å²) >= 11 is 1.53. The first-order valence-corrected chi connectivity index (χ1v) is 10.1. The lowest BCUT2D eigenvalue weighted by Crippen LogP contribution is -2.41. The van der Waals surface area contributed by atoms with Crippen molar-refractivity contribution >= 4 is 29.3 Å². The van der Waals surface area contributed by atoms with Crippen molar-refractivity contribution in [3.63, 3.8) is 0 Å². The van der Waals surface area contributed by atoms with Gasteiger partial charge in [-0.25, -0.2) is 0 Å². The van der Waals surface area contributed by atoms with Crippen LogP contribution in [0.15, 0.2) is 47.4 Å². The molecule has 0 unspecified atom stereocenters. The normalized spacial score (nSPS) is 17.0. The molecule has 2 amide bonds. The van der Waals surface area contributed by atoms with E-state index in [2.05, 4.69) is 6.07 Å². The van der Waals surface area contributed by atoms with Crippen LogP contribution < -0.4 is 4.90 Å². The number of amides is 2. The second-order valence-electron chi connectivity index (χ2n) is 6.84. The van der Waals surface area contributed by atoms with E-state index in [-0.39, 0.29) is 11.8 Å². The molecule has 0 aromatic heterocycles. The van der Waals surface area contributed by atoms with Crippen molar-refractivity contribution in [3.05, 3.63) is 59.2 Å². The number of hydrogen-bond acceptors (Lipinski definition) is 4. The van der Waals surface area contributed by atoms with E-state index in [0.717, 1.165) is 16.1 Å². The molecule has 2 aromatic carbocycles. The summed E-state index contributed by atoms with van der Waals surface area (Å²) in [6.07, 6.45) is 0. The van der Waals surface area contributed by atoms with Gasteiger partial charge in [-0.3, -0.25) is 9.59 Å². The predicted octanol–water partition coefficient (Wildman–Crippen LogP) is 3.11. The minimum atomic E-state index is -0.000344. The number of aryl methyl sites for hydroxylation is 1. The van der Waals surface area contributed by atoms with E-state index in [1.165, 1.54) is 17.3 Å². The molecule has 2 aromatic rings. The average Bonchev–Trinajstić information content (AvgIpc) is 2.70. The number of morpholine rings is 1. The van der Waals surface area contributed by atoms with Crippen molar-refractivity contribution in [2.45, 2.75) is 18.4 Å². The minimum Gasteiger partial charge on any atom is -0.378 e. The molecule has 2 aliphatic heterocycles. The van der Waals surface area contributed by atoms with Crippen LogP contribution >= 0.6 is 11.8 Å². The lowest BCUT2D eigenvalue weighted by Gasteiger charge is -2.31. The molecule has 2 heterocycles. The molecule has 6 heteroatoms. The third kappa shape index (κ3) is 3.87. The molecule has 0 bridgehead atoms. The first-order valence-electron chi connectivity index (χ1n) is 9.11. The van der Waals surface area contributed by atoms with Gasteiger partial charge in [0.25, 0.3) is 5.91 Å². The monoisotopic (exact) mass is 382 g/mol. The standard InChI is InChI=1S/C21H22N2O3S/c1-15-3-2-4-16(11-15)13-23-18-12-17(5-6-19(18)27-14-20(23)24)21(25)22-7-9-26-10-8-22/h2-6,11-12H,7-10,13-14H2,1H3. The summed E-state index contributed by atoms with van der Waals surface area (Å²) < 4.78 is 5.33. The van der Waals surface area contributed by atoms with Gasteiger partial charge in [0, 0.05) is 23.5 Å². The van der Waals surface area contributed by atoms with Crippen LogP contribution in [0.25, 0.3) is 0 Å². The molecule has 0 atom stereocenters. The van der Waals surface area contributed by atoms with E-state index >= 15 is 0 Å². The number of fused-ring (bicyclic) bond motifs is 1. The second-order valence-corrected chi connectivity index (χ2v) is 7.86. The van der Waals surface area contributed by atoms with Crippen LogP contribution in [0.3, 0.4) is 0 Å². The Hall–Kier alpha value is -2.31. The van der Waals surface area contributed by atoms with Crippen molar-refractivity contribution in [1.29, 1.82) is 0 Å². The summed E-state index contributed by atoms with van der Waals surface area (Å²) in [5.74, 6) is 0.500. The van der Waals surface area contributed by atoms with Crippen LogP contribution in [-0.2, 0) is 16.1 Å². The predicted molar refractivity (Wildman–Crippen MR) is 106 cm³/mol. The molecule has 1 saturated heterocycles. The maximum absolute atomic E-state index is 12.8. The smallest absolute Gasteiger partial charge is 0.254 e. The number of anilines is 1. The highest BCUT2D eigenvalue weighted by molar-refractivity contribution is 8.00. The van der Waals surface area contributed by atoms with E-state index in [0.29, 0.717) is 44.2 Å². The summed E-state index contributed by atoms with van der Waals surface area (Å²) in [5, 5.41) is 0. The number of rotatable bonds is 3. The maximum atomic E-state index is 12.8. The topological polar surface area (TPSA) is 49.9 Å². The number of carbonyl (C=O) groups excluding carboxylic acids is 2. The lowest BCUT2D eigenvalue weighted by atomic mass is 10.1. The fourth-order valence-corrected chi connectivity index (χ4v) is 4.37. The van der Waals surface area contributed by atoms with Gasteiger partial charge in [-0.2, -0.15) is 0 Å². The Balaban J connectivity index is 1.63. The number of ether oxygens (including phenoxy) is 1. The third-order valence-corrected chi connectivity index (χ3v) is 5.92. The molecular formula is C21H22N2O3S. The van der Waals surface area contributed by atoms with Gasteiger partial charge in [0.15, 0.2) is 0 Å². The van der Waals surface area contributed by atoms with E-state index in [9.17, 15) is 9.59 Å². The zero-order chi connectivity index (χ0) is 18.8. The molecule has 4 rings (SSSR count). The highest BCUT2D eigenvalue weighted by Crippen LogP contribution is 2.37. The van der Waals surface area contributed by atoms with Crippen LogP contribution in [-0.4, -0.2) is 48.8 Å². The molecular weight excluding hydrogens is 360 g/mol. The summed E-state index contributed by atoms with van der Waals surface area (Å²) in [6.45, 7) is 4.93. The van der Waals surface area contributed by atoms with E-state index in [1.807, 2.05) is 48.2 Å². The minimum absolute atomic E-state index is 0.000344. The first-order chi connectivity index (χ1) is 13.1. The summed E-state index contributed by atoms with van der Waals surface area (Å²) in [5.41, 5.74) is 3.71. The van der Waals surface area contributed by atoms with Crippen molar-refractivity contribution in [3.8, 4) is 0 Å². The quantitative estimate of drug-likeness (QED) is 0.819. The summed E-state index contributed by atoms with van der Waals surface area (Å²) in [7, 11) is 0. The van der Waals surface area contributed by atoms with Crippen LogP contribution in [0.4, 0.5) is 5.69 Å². The highest BCUT2D eigenvalue weighted by atomic mass is 32.2. The molecule has 5 nitrogen and oxygen atoms in total. The molecule has 0 saturated carbocycles. The van der Waals surface area contributed by atoms with Crippen molar-refractivity contribution in [1.82, 2.24) is 4.90 Å². The Kier molecular flexibility index (Phi) is 5.18. The van der Waals surface area contributed by atoms with Gasteiger partial charge in [-0.05, 0) is 30.7 Å². The Labute approximate surface area is 163 Å². The van der Waals surface area contributed by atoms with Gasteiger partial charge in [-0.1, -0.05) is 29.8 Å². The van der Waals surface area contributed by atoms with Crippen molar-refractivity contribution in [2.24, 2.45) is 0 Å². The van der Waals surface area contributed by atoms with Gasteiger partial charge in [0.2, 0.25) is 5.91 Å². The van der Waals surface area contributed by atoms with E-state index in [1.54, 1.807) is 4.90 Å². The Morgan fingerprint density at radius 1 is 1.15 bits per heavy atom. The lowest BCUT2D eigenvalue weighted by molar-refractivity contribution is -0.116. The molecule has 0 radical (unpaired) electrons. The number of thioether (sulfide) groups is 1. The Morgan fingerprint density at radius 3 is 2.74 bits per heavy atom. The second kappa shape index (κ2) is 7.74. The van der Waals surface area contributed by atoms with Crippen LogP contribution in [0.2, 0.25) is 0 Å². The largest absolute Gasteiger partial charge is 0.378 e. The van der Waals surface area contributed by atoms with E-state index < -0.39 is 0 Å². The van der Waals surface area contributed by atoms with Crippen molar-refractivity contribution in [2.75, 3.05) is 37.0 Å². The third-order valence-electron chi connectivity index (χ3n) is 4.87. The SMILES string of the molecule is Cc1cccc(CN2C(=O)CSc3ccc(C(=O)N4CCOCC4)cc32)c1. The number of benzene rings is 2. The van der Waals surface area contributed by atoms with Gasteiger partial charge in [-0.15, -0.1) is 11.8 Å². The fraction of sp³-hybridized carbons (Fsp3) is 0.333. The van der Waals surface area contributed by atoms with Gasteiger partial charge < -0.3 is 14.5 Å². The molecule has 0 aliphatic carbocycles. The van der Waals surface area contributed by atoms with Gasteiger partial charge >= 0.3 is 0 Å². The number of carbonyl (C=O) groups is 2. The number of hydrogen-bond donors (Lipinski definition) is 0. The Bertz CT molecular complexity index is 877. The summed E-state index contributed by atoms with van der Waals surface area (Å²) in [4.78, 5) is 30.1. The van der Waals surface area contributed by atoms with Crippen LogP contribution in [0.1, 0.15) is 21.5 Å². The molecule has 2 aliphatic rings. The van der Waals surface area contributed by atoms with Crippen LogP contribution in [0, 0.1) is 6.92 Å². The van der Waals surface area contributed by atoms with E-state index in [4.69, 9.17) is 4.74 Å². The molecule has 1 fully saturated rings. The molecule has 0 spiro atoms. The van der Waals surface area contributed by atoms with Gasteiger partial charge in [0.05, 0.1) is 31.2 Å². The number of nitrogens with zero attached hydrogens (tertiary/aromatic N) is 2. The average molecular weight is 382 g/mol. The van der Waals surface area contributed by atoms with Crippen molar-refractivity contribution < 1.29 is 14.3 Å². The molecule has 140 valence electrons. The molecule has 27 heavy (non-hydrogen) atoms. The zero-order valence-corrected chi connectivity index (χ0v) is 16.1. The molecule has 0 N–H and O–H groups in total. The Morgan fingerprint density at radius 2 is 1.96 bits per heavy atom. The first kappa shape index (κ1) is 18.1. The highest BCUT2D eigenvalue weighted by Gasteiger charge is 2.27. The van der Waals surface area contributed by atoms with Crippen LogP contribution in [0.5, 0.6) is 0 Å². The maximum Gasteiger partial charge on any atom is 0.254 e. The van der Waals surface area contributed by atoms with Gasteiger partial charge in [0.1, 0.15) is 0 Å².